The number of benzene rings is 1. The first kappa shape index (κ1) is 16.0. The van der Waals surface area contributed by atoms with Crippen molar-refractivity contribution < 1.29 is 9.53 Å². The summed E-state index contributed by atoms with van der Waals surface area (Å²) in [4.78, 5) is 11.8. The highest BCUT2D eigenvalue weighted by Gasteiger charge is 2.13. The third kappa shape index (κ3) is 5.23. The Morgan fingerprint density at radius 2 is 2.16 bits per heavy atom. The lowest BCUT2D eigenvalue weighted by molar-refractivity contribution is -0.121. The fraction of sp³-hybridized carbons (Fsp3) is 0.533. The highest BCUT2D eigenvalue weighted by Crippen LogP contribution is 2.26. The van der Waals surface area contributed by atoms with Crippen LogP contribution in [0.25, 0.3) is 0 Å². The predicted octanol–water partition coefficient (Wildman–Crippen LogP) is 3.75. The van der Waals surface area contributed by atoms with Gasteiger partial charge < -0.3 is 10.1 Å². The first-order valence-electron chi connectivity index (χ1n) is 6.58. The lowest BCUT2D eigenvalue weighted by atomic mass is 10.0. The van der Waals surface area contributed by atoms with Gasteiger partial charge in [0.2, 0.25) is 5.91 Å². The summed E-state index contributed by atoms with van der Waals surface area (Å²) in [6.07, 6.45) is 2.51. The standard InChI is InChI=1S/C15H22BrNO2/c1-11-7-8-14(19-3)13(10-11)12(2)17-15(18)6-4-5-9-16/h7-8,10,12H,4-6,9H2,1-3H3,(H,17,18). The zero-order valence-electron chi connectivity index (χ0n) is 11.8. The van der Waals surface area contributed by atoms with Gasteiger partial charge in [0.25, 0.3) is 0 Å². The highest BCUT2D eigenvalue weighted by atomic mass is 79.9. The number of hydrogen-bond donors (Lipinski definition) is 1. The first-order valence-corrected chi connectivity index (χ1v) is 7.70. The van der Waals surface area contributed by atoms with Crippen molar-refractivity contribution in [3.05, 3.63) is 29.3 Å². The molecule has 1 amide bonds. The Morgan fingerprint density at radius 1 is 1.42 bits per heavy atom. The van der Waals surface area contributed by atoms with Crippen LogP contribution >= 0.6 is 15.9 Å². The molecule has 0 aliphatic rings. The van der Waals surface area contributed by atoms with Crippen LogP contribution in [-0.2, 0) is 4.79 Å². The van der Waals surface area contributed by atoms with Crippen LogP contribution in [0.5, 0.6) is 5.75 Å². The van der Waals surface area contributed by atoms with E-state index in [1.54, 1.807) is 7.11 Å². The summed E-state index contributed by atoms with van der Waals surface area (Å²) in [5, 5.41) is 3.97. The maximum atomic E-state index is 11.8. The molecule has 0 bridgehead atoms. The van der Waals surface area contributed by atoms with Gasteiger partial charge in [-0.1, -0.05) is 33.6 Å². The fourth-order valence-corrected chi connectivity index (χ4v) is 2.36. The third-order valence-corrected chi connectivity index (χ3v) is 3.58. The number of amides is 1. The molecule has 1 unspecified atom stereocenters. The Bertz CT molecular complexity index is 421. The van der Waals surface area contributed by atoms with Gasteiger partial charge in [-0.15, -0.1) is 0 Å². The van der Waals surface area contributed by atoms with E-state index in [1.165, 1.54) is 0 Å². The van der Waals surface area contributed by atoms with Crippen molar-refractivity contribution in [3.8, 4) is 5.75 Å². The Labute approximate surface area is 123 Å². The van der Waals surface area contributed by atoms with E-state index in [-0.39, 0.29) is 11.9 Å². The summed E-state index contributed by atoms with van der Waals surface area (Å²) >= 11 is 3.37. The van der Waals surface area contributed by atoms with Crippen LogP contribution in [0.4, 0.5) is 0 Å². The summed E-state index contributed by atoms with van der Waals surface area (Å²) < 4.78 is 5.34. The van der Waals surface area contributed by atoms with E-state index in [0.29, 0.717) is 6.42 Å². The van der Waals surface area contributed by atoms with E-state index in [0.717, 1.165) is 35.0 Å². The zero-order chi connectivity index (χ0) is 14.3. The number of carbonyl (C=O) groups excluding carboxylic acids is 1. The van der Waals surface area contributed by atoms with Gasteiger partial charge in [0, 0.05) is 17.3 Å². The van der Waals surface area contributed by atoms with Gasteiger partial charge in [0.15, 0.2) is 0 Å². The van der Waals surface area contributed by atoms with Gasteiger partial charge >= 0.3 is 0 Å². The molecule has 1 rings (SSSR count). The van der Waals surface area contributed by atoms with Crippen molar-refractivity contribution in [1.82, 2.24) is 5.32 Å². The minimum absolute atomic E-state index is 0.0358. The van der Waals surface area contributed by atoms with Gasteiger partial charge in [0.1, 0.15) is 5.75 Å². The smallest absolute Gasteiger partial charge is 0.220 e. The van der Waals surface area contributed by atoms with Crippen molar-refractivity contribution in [2.24, 2.45) is 0 Å². The predicted molar refractivity (Wildman–Crippen MR) is 81.9 cm³/mol. The third-order valence-electron chi connectivity index (χ3n) is 3.02. The number of methoxy groups -OCH3 is 1. The Morgan fingerprint density at radius 3 is 2.79 bits per heavy atom. The molecule has 4 heteroatoms. The Kier molecular flexibility index (Phi) is 6.92. The molecule has 1 N–H and O–H groups in total. The van der Waals surface area contributed by atoms with Crippen LogP contribution in [-0.4, -0.2) is 18.3 Å². The second-order valence-corrected chi connectivity index (χ2v) is 5.47. The second kappa shape index (κ2) is 8.20. The summed E-state index contributed by atoms with van der Waals surface area (Å²) in [5.41, 5.74) is 2.19. The summed E-state index contributed by atoms with van der Waals surface area (Å²) in [7, 11) is 1.65. The largest absolute Gasteiger partial charge is 0.496 e. The average Bonchev–Trinajstić information content (AvgIpc) is 2.39. The Balaban J connectivity index is 2.64. The van der Waals surface area contributed by atoms with E-state index in [1.807, 2.05) is 26.0 Å². The van der Waals surface area contributed by atoms with Crippen molar-refractivity contribution in [2.45, 2.75) is 39.2 Å². The topological polar surface area (TPSA) is 38.3 Å². The molecule has 3 nitrogen and oxygen atoms in total. The average molecular weight is 328 g/mol. The fourth-order valence-electron chi connectivity index (χ4n) is 1.96. The number of hydrogen-bond acceptors (Lipinski definition) is 2. The molecular weight excluding hydrogens is 306 g/mol. The van der Waals surface area contributed by atoms with Crippen LogP contribution in [0.3, 0.4) is 0 Å². The van der Waals surface area contributed by atoms with Crippen molar-refractivity contribution in [3.63, 3.8) is 0 Å². The molecule has 1 aromatic carbocycles. The molecule has 0 radical (unpaired) electrons. The quantitative estimate of drug-likeness (QED) is 0.612. The van der Waals surface area contributed by atoms with Crippen molar-refractivity contribution >= 4 is 21.8 Å². The molecule has 106 valence electrons. The lowest BCUT2D eigenvalue weighted by Gasteiger charge is -2.18. The minimum atomic E-state index is -0.0358. The van der Waals surface area contributed by atoms with Crippen molar-refractivity contribution in [1.29, 1.82) is 0 Å². The molecule has 0 aliphatic carbocycles. The second-order valence-electron chi connectivity index (χ2n) is 4.68. The number of ether oxygens (including phenoxy) is 1. The number of alkyl halides is 1. The van der Waals surface area contributed by atoms with E-state index in [2.05, 4.69) is 27.3 Å². The van der Waals surface area contributed by atoms with Crippen LogP contribution in [0.2, 0.25) is 0 Å². The Hall–Kier alpha value is -1.03. The summed E-state index contributed by atoms with van der Waals surface area (Å²) in [6.45, 7) is 4.02. The molecule has 19 heavy (non-hydrogen) atoms. The molecule has 1 aromatic rings. The van der Waals surface area contributed by atoms with Crippen LogP contribution in [0, 0.1) is 6.92 Å². The monoisotopic (exact) mass is 327 g/mol. The van der Waals surface area contributed by atoms with E-state index < -0.39 is 0 Å². The molecule has 0 aliphatic heterocycles. The van der Waals surface area contributed by atoms with Gasteiger partial charge in [-0.2, -0.15) is 0 Å². The molecule has 0 spiro atoms. The molecule has 0 saturated heterocycles. The molecule has 0 heterocycles. The maximum absolute atomic E-state index is 11.8. The van der Waals surface area contributed by atoms with E-state index >= 15 is 0 Å². The summed E-state index contributed by atoms with van der Waals surface area (Å²) in [5.74, 6) is 0.913. The summed E-state index contributed by atoms with van der Waals surface area (Å²) in [6, 6.07) is 5.97. The molecule has 0 saturated carbocycles. The minimum Gasteiger partial charge on any atom is -0.496 e. The number of rotatable bonds is 7. The normalized spacial score (nSPS) is 12.0. The first-order chi connectivity index (χ1) is 9.08. The number of nitrogens with one attached hydrogen (secondary N) is 1. The molecular formula is C15H22BrNO2. The maximum Gasteiger partial charge on any atom is 0.220 e. The number of unbranched alkanes of at least 4 members (excludes halogenated alkanes) is 1. The molecule has 0 aromatic heterocycles. The lowest BCUT2D eigenvalue weighted by Crippen LogP contribution is -2.26. The highest BCUT2D eigenvalue weighted by molar-refractivity contribution is 9.09. The number of carbonyl (C=O) groups is 1. The van der Waals surface area contributed by atoms with Gasteiger partial charge in [-0.05, 0) is 32.8 Å². The van der Waals surface area contributed by atoms with Crippen molar-refractivity contribution in [2.75, 3.05) is 12.4 Å². The van der Waals surface area contributed by atoms with E-state index in [9.17, 15) is 4.79 Å². The SMILES string of the molecule is COc1ccc(C)cc1C(C)NC(=O)CCCCBr. The molecule has 1 atom stereocenters. The van der Waals surface area contributed by atoms with Crippen LogP contribution in [0.1, 0.15) is 43.4 Å². The van der Waals surface area contributed by atoms with Crippen LogP contribution in [0.15, 0.2) is 18.2 Å². The molecule has 0 fully saturated rings. The van der Waals surface area contributed by atoms with Gasteiger partial charge in [0.05, 0.1) is 13.2 Å². The van der Waals surface area contributed by atoms with Gasteiger partial charge in [-0.3, -0.25) is 4.79 Å². The van der Waals surface area contributed by atoms with Gasteiger partial charge in [-0.25, -0.2) is 0 Å². The number of halogens is 1. The van der Waals surface area contributed by atoms with Crippen LogP contribution < -0.4 is 10.1 Å². The zero-order valence-corrected chi connectivity index (χ0v) is 13.4. The number of aryl methyl sites for hydroxylation is 1. The van der Waals surface area contributed by atoms with E-state index in [4.69, 9.17) is 4.74 Å².